The molecule has 0 aliphatic carbocycles. The molecule has 2 heterocycles. The van der Waals surface area contributed by atoms with Crippen molar-refractivity contribution in [3.63, 3.8) is 0 Å². The maximum absolute atomic E-state index is 13.3. The molecule has 0 spiro atoms. The third kappa shape index (κ3) is 1.80. The van der Waals surface area contributed by atoms with Crippen molar-refractivity contribution in [2.24, 2.45) is 5.92 Å². The van der Waals surface area contributed by atoms with Crippen LogP contribution < -0.4 is 0 Å². The van der Waals surface area contributed by atoms with E-state index >= 15 is 0 Å². The second kappa shape index (κ2) is 4.17. The molecule has 94 valence electrons. The van der Waals surface area contributed by atoms with Gasteiger partial charge < -0.3 is 4.74 Å². The fourth-order valence-corrected chi connectivity index (χ4v) is 2.18. The van der Waals surface area contributed by atoms with Gasteiger partial charge in [-0.2, -0.15) is 5.10 Å². The summed E-state index contributed by atoms with van der Waals surface area (Å²) in [5, 5.41) is 5.01. The quantitative estimate of drug-likeness (QED) is 0.780. The van der Waals surface area contributed by atoms with Crippen molar-refractivity contribution in [2.45, 2.75) is 13.5 Å². The third-order valence-corrected chi connectivity index (χ3v) is 3.19. The lowest BCUT2D eigenvalue weighted by atomic mass is 10.1. The number of ketones is 1. The Morgan fingerprint density at radius 1 is 1.56 bits per heavy atom. The maximum Gasteiger partial charge on any atom is 0.180 e. The zero-order chi connectivity index (χ0) is 12.7. The van der Waals surface area contributed by atoms with Crippen LogP contribution in [0, 0.1) is 11.7 Å². The molecule has 5 heteroatoms. The van der Waals surface area contributed by atoms with E-state index in [1.807, 2.05) is 0 Å². The summed E-state index contributed by atoms with van der Waals surface area (Å²) >= 11 is 0. The van der Waals surface area contributed by atoms with Gasteiger partial charge in [-0.1, -0.05) is 0 Å². The number of hydrogen-bond donors (Lipinski definition) is 0. The summed E-state index contributed by atoms with van der Waals surface area (Å²) in [6, 6.07) is 4.39. The molecule has 1 aromatic heterocycles. The molecular formula is C13H13FN2O2. The molecule has 1 aromatic carbocycles. The lowest BCUT2D eigenvalue weighted by molar-refractivity contribution is -0.0403. The molecular weight excluding hydrogens is 235 g/mol. The van der Waals surface area contributed by atoms with Crippen molar-refractivity contribution >= 4 is 16.7 Å². The highest BCUT2D eigenvalue weighted by Crippen LogP contribution is 2.22. The molecule has 0 saturated carbocycles. The number of carbonyl (C=O) groups is 1. The van der Waals surface area contributed by atoms with E-state index in [1.165, 1.54) is 19.1 Å². The highest BCUT2D eigenvalue weighted by atomic mass is 19.1. The van der Waals surface area contributed by atoms with E-state index in [1.54, 1.807) is 10.7 Å². The maximum atomic E-state index is 13.3. The van der Waals surface area contributed by atoms with Gasteiger partial charge in [0.25, 0.3) is 0 Å². The van der Waals surface area contributed by atoms with E-state index in [9.17, 15) is 9.18 Å². The molecule has 0 bridgehead atoms. The minimum Gasteiger partial charge on any atom is -0.381 e. The minimum atomic E-state index is -0.316. The summed E-state index contributed by atoms with van der Waals surface area (Å²) in [5.41, 5.74) is 1.08. The standard InChI is InChI=1S/C13H13FN2O2/c1-8(17)13-11-3-2-10(14)4-12(11)16(15-13)5-9-6-18-7-9/h2-4,9H,5-7H2,1H3. The zero-order valence-corrected chi connectivity index (χ0v) is 10.0. The van der Waals surface area contributed by atoms with Gasteiger partial charge in [0.2, 0.25) is 0 Å². The van der Waals surface area contributed by atoms with Crippen LogP contribution in [-0.2, 0) is 11.3 Å². The van der Waals surface area contributed by atoms with Crippen LogP contribution in [0.5, 0.6) is 0 Å². The van der Waals surface area contributed by atoms with Crippen LogP contribution in [0.3, 0.4) is 0 Å². The molecule has 1 saturated heterocycles. The number of nitrogens with zero attached hydrogens (tertiary/aromatic N) is 2. The first kappa shape index (κ1) is 11.3. The molecule has 0 amide bonds. The Morgan fingerprint density at radius 2 is 2.33 bits per heavy atom. The number of halogens is 1. The molecule has 0 unspecified atom stereocenters. The van der Waals surface area contributed by atoms with E-state index in [2.05, 4.69) is 5.10 Å². The smallest absolute Gasteiger partial charge is 0.180 e. The van der Waals surface area contributed by atoms with Gasteiger partial charge in [-0.15, -0.1) is 0 Å². The highest BCUT2D eigenvalue weighted by molar-refractivity contribution is 6.04. The van der Waals surface area contributed by atoms with E-state index in [0.717, 1.165) is 0 Å². The fraction of sp³-hybridized carbons (Fsp3) is 0.385. The predicted octanol–water partition coefficient (Wildman–Crippen LogP) is 2.02. The van der Waals surface area contributed by atoms with Crippen molar-refractivity contribution in [2.75, 3.05) is 13.2 Å². The Kier molecular flexibility index (Phi) is 2.63. The third-order valence-electron chi connectivity index (χ3n) is 3.19. The molecule has 1 fully saturated rings. The molecule has 4 nitrogen and oxygen atoms in total. The minimum absolute atomic E-state index is 0.102. The highest BCUT2D eigenvalue weighted by Gasteiger charge is 2.22. The Balaban J connectivity index is 2.10. The van der Waals surface area contributed by atoms with Crippen LogP contribution in [0.25, 0.3) is 10.9 Å². The van der Waals surface area contributed by atoms with Gasteiger partial charge >= 0.3 is 0 Å². The van der Waals surface area contributed by atoms with E-state index in [0.29, 0.717) is 42.3 Å². The van der Waals surface area contributed by atoms with Crippen molar-refractivity contribution < 1.29 is 13.9 Å². The Bertz CT molecular complexity index is 617. The fourth-order valence-electron chi connectivity index (χ4n) is 2.18. The predicted molar refractivity (Wildman–Crippen MR) is 64.0 cm³/mol. The van der Waals surface area contributed by atoms with Crippen LogP contribution in [-0.4, -0.2) is 28.8 Å². The summed E-state index contributed by atoms with van der Waals surface area (Å²) in [4.78, 5) is 11.5. The summed E-state index contributed by atoms with van der Waals surface area (Å²) < 4.78 is 20.1. The van der Waals surface area contributed by atoms with Crippen LogP contribution in [0.15, 0.2) is 18.2 Å². The molecule has 0 radical (unpaired) electrons. The average molecular weight is 248 g/mol. The topological polar surface area (TPSA) is 44.1 Å². The second-order valence-electron chi connectivity index (χ2n) is 4.65. The largest absolute Gasteiger partial charge is 0.381 e. The van der Waals surface area contributed by atoms with Gasteiger partial charge in [0.05, 0.1) is 18.7 Å². The van der Waals surface area contributed by atoms with E-state index in [-0.39, 0.29) is 11.6 Å². The number of hydrogen-bond acceptors (Lipinski definition) is 3. The molecule has 0 N–H and O–H groups in total. The molecule has 1 aliphatic heterocycles. The average Bonchev–Trinajstić information content (AvgIpc) is 2.62. The lowest BCUT2D eigenvalue weighted by Gasteiger charge is -2.25. The summed E-state index contributed by atoms with van der Waals surface area (Å²) in [6.45, 7) is 3.54. The van der Waals surface area contributed by atoms with Crippen molar-refractivity contribution in [3.8, 4) is 0 Å². The van der Waals surface area contributed by atoms with Crippen LogP contribution in [0.4, 0.5) is 4.39 Å². The van der Waals surface area contributed by atoms with Crippen molar-refractivity contribution in [1.29, 1.82) is 0 Å². The lowest BCUT2D eigenvalue weighted by Crippen LogP contribution is -2.31. The second-order valence-corrected chi connectivity index (χ2v) is 4.65. The number of rotatable bonds is 3. The Morgan fingerprint density at radius 3 is 2.94 bits per heavy atom. The number of benzene rings is 1. The molecule has 2 aromatic rings. The first-order valence-electron chi connectivity index (χ1n) is 5.90. The van der Waals surface area contributed by atoms with Gasteiger partial charge in [-0.3, -0.25) is 9.48 Å². The van der Waals surface area contributed by atoms with Crippen molar-refractivity contribution in [1.82, 2.24) is 9.78 Å². The van der Waals surface area contributed by atoms with Gasteiger partial charge in [0, 0.05) is 24.8 Å². The number of carbonyl (C=O) groups excluding carboxylic acids is 1. The van der Waals surface area contributed by atoms with Gasteiger partial charge in [0.15, 0.2) is 5.78 Å². The molecule has 0 atom stereocenters. The van der Waals surface area contributed by atoms with Crippen LogP contribution >= 0.6 is 0 Å². The molecule has 1 aliphatic rings. The summed E-state index contributed by atoms with van der Waals surface area (Å²) in [5.74, 6) is -0.0185. The van der Waals surface area contributed by atoms with Crippen LogP contribution in [0.1, 0.15) is 17.4 Å². The molecule has 18 heavy (non-hydrogen) atoms. The van der Waals surface area contributed by atoms with E-state index in [4.69, 9.17) is 4.74 Å². The van der Waals surface area contributed by atoms with Gasteiger partial charge in [0.1, 0.15) is 11.5 Å². The summed E-state index contributed by atoms with van der Waals surface area (Å²) in [7, 11) is 0. The van der Waals surface area contributed by atoms with Gasteiger partial charge in [-0.25, -0.2) is 4.39 Å². The first-order valence-corrected chi connectivity index (χ1v) is 5.90. The van der Waals surface area contributed by atoms with Crippen molar-refractivity contribution in [3.05, 3.63) is 29.7 Å². The zero-order valence-electron chi connectivity index (χ0n) is 10.0. The van der Waals surface area contributed by atoms with E-state index < -0.39 is 0 Å². The number of fused-ring (bicyclic) bond motifs is 1. The normalized spacial score (nSPS) is 15.9. The Labute approximate surface area is 103 Å². The Hall–Kier alpha value is -1.75. The number of ether oxygens (including phenoxy) is 1. The number of Topliss-reactive ketones (excluding diaryl/α,β-unsaturated/α-hetero) is 1. The monoisotopic (exact) mass is 248 g/mol. The summed E-state index contributed by atoms with van der Waals surface area (Å²) in [6.07, 6.45) is 0. The first-order chi connectivity index (χ1) is 8.65. The van der Waals surface area contributed by atoms with Gasteiger partial charge in [-0.05, 0) is 18.2 Å². The number of aromatic nitrogens is 2. The SMILES string of the molecule is CC(=O)c1nn(CC2COC2)c2cc(F)ccc12. The molecule has 3 rings (SSSR count). The van der Waals surface area contributed by atoms with Crippen LogP contribution in [0.2, 0.25) is 0 Å².